The lowest BCUT2D eigenvalue weighted by Crippen LogP contribution is -2.28. The van der Waals surface area contributed by atoms with Gasteiger partial charge in [-0.15, -0.1) is 0 Å². The number of aliphatic hydroxyl groups excluding tert-OH is 1. The minimum atomic E-state index is -0.410. The number of carbonyl (C=O) groups is 1. The van der Waals surface area contributed by atoms with Crippen molar-refractivity contribution in [2.75, 3.05) is 18.5 Å². The Labute approximate surface area is 196 Å². The number of ether oxygens (including phenoxy) is 1. The molecule has 0 spiro atoms. The topological polar surface area (TPSA) is 125 Å². The standard InChI is InChI=1S/C24H29FN6O3/c1-2-26-24(33)31-23-29-17-10-16(20(25)19(21(17)30-23)18-4-3-9-34-18)14-11-27-22(28-12-14)13-5-7-15(32)8-6-13/h10-13,15,18,32H,2-9H2,1H3,(H3,26,29,30,31,33)/t13?,15?,18-/m1/s1. The lowest BCUT2D eigenvalue weighted by Gasteiger charge is -2.24. The van der Waals surface area contributed by atoms with Gasteiger partial charge in [0.1, 0.15) is 11.6 Å². The summed E-state index contributed by atoms with van der Waals surface area (Å²) in [7, 11) is 0. The lowest BCUT2D eigenvalue weighted by molar-refractivity contribution is 0.110. The van der Waals surface area contributed by atoms with Gasteiger partial charge in [0.05, 0.1) is 23.2 Å². The van der Waals surface area contributed by atoms with Crippen molar-refractivity contribution in [3.8, 4) is 11.1 Å². The summed E-state index contributed by atoms with van der Waals surface area (Å²) in [6.45, 7) is 2.86. The number of imidazole rings is 1. The molecule has 1 aromatic carbocycles. The number of aromatic nitrogens is 4. The largest absolute Gasteiger partial charge is 0.393 e. The van der Waals surface area contributed by atoms with E-state index in [0.717, 1.165) is 37.9 Å². The Balaban J connectivity index is 1.51. The number of hydrogen-bond acceptors (Lipinski definition) is 6. The maximum absolute atomic E-state index is 15.9. The monoisotopic (exact) mass is 468 g/mol. The van der Waals surface area contributed by atoms with Crippen molar-refractivity contribution in [1.82, 2.24) is 25.3 Å². The van der Waals surface area contributed by atoms with Crippen molar-refractivity contribution in [3.05, 3.63) is 35.7 Å². The normalized spacial score (nSPS) is 22.7. The van der Waals surface area contributed by atoms with Crippen LogP contribution >= 0.6 is 0 Å². The van der Waals surface area contributed by atoms with Crippen molar-refractivity contribution in [1.29, 1.82) is 0 Å². The Morgan fingerprint density at radius 1 is 1.24 bits per heavy atom. The number of fused-ring (bicyclic) bond motifs is 1. The number of amides is 2. The highest BCUT2D eigenvalue weighted by Crippen LogP contribution is 2.39. The Morgan fingerprint density at radius 2 is 2.00 bits per heavy atom. The number of nitrogens with zero attached hydrogens (tertiary/aromatic N) is 3. The predicted octanol–water partition coefficient (Wildman–Crippen LogP) is 4.17. The molecule has 2 fully saturated rings. The SMILES string of the molecule is CCNC(=O)Nc1nc2c([C@H]3CCCO3)c(F)c(-c3cnc(C4CCC(O)CC4)nc3)cc2[nH]1. The molecule has 180 valence electrons. The molecule has 2 aromatic heterocycles. The van der Waals surface area contributed by atoms with E-state index in [1.807, 2.05) is 6.92 Å². The maximum atomic E-state index is 15.9. The third-order valence-electron chi connectivity index (χ3n) is 6.61. The Kier molecular flexibility index (Phi) is 6.42. The van der Waals surface area contributed by atoms with Crippen molar-refractivity contribution in [2.45, 2.75) is 63.6 Å². The number of H-pyrrole nitrogens is 1. The van der Waals surface area contributed by atoms with Crippen LogP contribution in [0.4, 0.5) is 15.1 Å². The molecule has 1 aliphatic carbocycles. The van der Waals surface area contributed by atoms with Crippen LogP contribution in [0.1, 0.15) is 68.9 Å². The van der Waals surface area contributed by atoms with Gasteiger partial charge in [0.15, 0.2) is 0 Å². The molecule has 0 unspecified atom stereocenters. The van der Waals surface area contributed by atoms with Crippen molar-refractivity contribution in [3.63, 3.8) is 0 Å². The average Bonchev–Trinajstić information content (AvgIpc) is 3.49. The van der Waals surface area contributed by atoms with Gasteiger partial charge in [0.2, 0.25) is 5.95 Å². The van der Waals surface area contributed by atoms with E-state index in [9.17, 15) is 9.90 Å². The van der Waals surface area contributed by atoms with Gasteiger partial charge in [0.25, 0.3) is 0 Å². The molecule has 0 radical (unpaired) electrons. The van der Waals surface area contributed by atoms with Gasteiger partial charge >= 0.3 is 6.03 Å². The summed E-state index contributed by atoms with van der Waals surface area (Å²) in [5, 5.41) is 15.1. The average molecular weight is 469 g/mol. The molecule has 1 aliphatic heterocycles. The maximum Gasteiger partial charge on any atom is 0.321 e. The molecule has 3 heterocycles. The van der Waals surface area contributed by atoms with E-state index < -0.39 is 11.9 Å². The summed E-state index contributed by atoms with van der Waals surface area (Å²) in [4.78, 5) is 28.6. The molecular weight excluding hydrogens is 439 g/mol. The first-order chi connectivity index (χ1) is 16.5. The number of nitrogens with one attached hydrogen (secondary N) is 3. The van der Waals surface area contributed by atoms with Gasteiger partial charge in [-0.25, -0.2) is 24.1 Å². The van der Waals surface area contributed by atoms with Crippen LogP contribution in [0.15, 0.2) is 18.5 Å². The molecule has 4 N–H and O–H groups in total. The second kappa shape index (κ2) is 9.63. The minimum Gasteiger partial charge on any atom is -0.393 e. The Hall–Kier alpha value is -3.11. The molecule has 0 bridgehead atoms. The smallest absolute Gasteiger partial charge is 0.321 e. The van der Waals surface area contributed by atoms with Crippen molar-refractivity contribution >= 4 is 23.0 Å². The van der Waals surface area contributed by atoms with Gasteiger partial charge in [-0.05, 0) is 51.5 Å². The third-order valence-corrected chi connectivity index (χ3v) is 6.61. The molecule has 3 aromatic rings. The second-order valence-corrected chi connectivity index (χ2v) is 8.95. The van der Waals surface area contributed by atoms with Crippen LogP contribution in [-0.2, 0) is 4.74 Å². The van der Waals surface area contributed by atoms with Gasteiger partial charge in [-0.2, -0.15) is 0 Å². The van der Waals surface area contributed by atoms with Crippen LogP contribution in [0.3, 0.4) is 0 Å². The molecule has 34 heavy (non-hydrogen) atoms. The first-order valence-electron chi connectivity index (χ1n) is 11.9. The first kappa shape index (κ1) is 22.7. The fourth-order valence-electron chi connectivity index (χ4n) is 4.86. The van der Waals surface area contributed by atoms with Crippen LogP contribution in [0.5, 0.6) is 0 Å². The number of aliphatic hydroxyl groups is 1. The number of aromatic amines is 1. The number of benzene rings is 1. The zero-order chi connectivity index (χ0) is 23.7. The van der Waals surface area contributed by atoms with Gasteiger partial charge in [-0.1, -0.05) is 0 Å². The van der Waals surface area contributed by atoms with Crippen LogP contribution in [-0.4, -0.2) is 50.3 Å². The molecule has 2 amide bonds. The zero-order valence-electron chi connectivity index (χ0n) is 19.1. The molecule has 2 aliphatic rings. The summed E-state index contributed by atoms with van der Waals surface area (Å²) in [5.41, 5.74) is 2.34. The van der Waals surface area contributed by atoms with Crippen LogP contribution in [0, 0.1) is 5.82 Å². The summed E-state index contributed by atoms with van der Waals surface area (Å²) in [5.74, 6) is 0.768. The highest BCUT2D eigenvalue weighted by atomic mass is 19.1. The van der Waals surface area contributed by atoms with E-state index in [1.165, 1.54) is 0 Å². The number of hydrogen-bond donors (Lipinski definition) is 4. The first-order valence-corrected chi connectivity index (χ1v) is 11.9. The van der Waals surface area contributed by atoms with Gasteiger partial charge < -0.3 is 20.1 Å². The summed E-state index contributed by atoms with van der Waals surface area (Å²) >= 11 is 0. The summed E-state index contributed by atoms with van der Waals surface area (Å²) < 4.78 is 21.7. The highest BCUT2D eigenvalue weighted by Gasteiger charge is 2.29. The molecular formula is C24H29FN6O3. The van der Waals surface area contributed by atoms with Crippen LogP contribution < -0.4 is 10.6 Å². The molecule has 10 heteroatoms. The molecule has 1 saturated heterocycles. The summed E-state index contributed by atoms with van der Waals surface area (Å²) in [6, 6.07) is 1.29. The lowest BCUT2D eigenvalue weighted by atomic mass is 9.87. The van der Waals surface area contributed by atoms with Gasteiger partial charge in [-0.3, -0.25) is 5.32 Å². The van der Waals surface area contributed by atoms with E-state index in [1.54, 1.807) is 18.5 Å². The second-order valence-electron chi connectivity index (χ2n) is 8.95. The third kappa shape index (κ3) is 4.47. The van der Waals surface area contributed by atoms with E-state index in [-0.39, 0.29) is 24.0 Å². The quantitative estimate of drug-likeness (QED) is 0.445. The van der Waals surface area contributed by atoms with Crippen molar-refractivity contribution in [2.24, 2.45) is 0 Å². The molecule has 5 rings (SSSR count). The number of urea groups is 1. The van der Waals surface area contributed by atoms with Crippen molar-refractivity contribution < 1.29 is 19.0 Å². The fraction of sp³-hybridized carbons (Fsp3) is 0.500. The summed E-state index contributed by atoms with van der Waals surface area (Å²) in [6.07, 6.45) is 7.40. The number of carbonyl (C=O) groups excluding carboxylic acids is 1. The number of halogens is 1. The molecule has 9 nitrogen and oxygen atoms in total. The molecule has 1 atom stereocenters. The zero-order valence-corrected chi connectivity index (χ0v) is 19.1. The van der Waals surface area contributed by atoms with Gasteiger partial charge in [0, 0.05) is 48.2 Å². The van der Waals surface area contributed by atoms with E-state index in [0.29, 0.717) is 47.3 Å². The van der Waals surface area contributed by atoms with E-state index in [2.05, 4.69) is 30.6 Å². The Morgan fingerprint density at radius 3 is 2.68 bits per heavy atom. The van der Waals surface area contributed by atoms with Crippen LogP contribution in [0.25, 0.3) is 22.2 Å². The van der Waals surface area contributed by atoms with E-state index in [4.69, 9.17) is 4.74 Å². The van der Waals surface area contributed by atoms with E-state index >= 15 is 4.39 Å². The minimum absolute atomic E-state index is 0.211. The highest BCUT2D eigenvalue weighted by molar-refractivity contribution is 5.92. The van der Waals surface area contributed by atoms with Crippen LogP contribution in [0.2, 0.25) is 0 Å². The molecule has 1 saturated carbocycles. The fourth-order valence-corrected chi connectivity index (χ4v) is 4.86. The number of rotatable bonds is 5. The predicted molar refractivity (Wildman–Crippen MR) is 125 cm³/mol. The number of anilines is 1. The Bertz CT molecular complexity index is 1170.